The van der Waals surface area contributed by atoms with Gasteiger partial charge in [-0.25, -0.2) is 18.1 Å². The van der Waals surface area contributed by atoms with Gasteiger partial charge < -0.3 is 9.73 Å². The van der Waals surface area contributed by atoms with E-state index in [-0.39, 0.29) is 23.8 Å². The predicted octanol–water partition coefficient (Wildman–Crippen LogP) is 1.25. The van der Waals surface area contributed by atoms with Crippen molar-refractivity contribution in [1.82, 2.24) is 15.0 Å². The summed E-state index contributed by atoms with van der Waals surface area (Å²) in [6.07, 6.45) is 5.08. The monoisotopic (exact) mass is 329 g/mol. The van der Waals surface area contributed by atoms with E-state index in [4.69, 9.17) is 4.42 Å². The first-order chi connectivity index (χ1) is 10.3. The number of aromatic nitrogens is 1. The van der Waals surface area contributed by atoms with Crippen molar-refractivity contribution < 1.29 is 17.6 Å². The molecular weight excluding hydrogens is 306 g/mol. The van der Waals surface area contributed by atoms with Crippen molar-refractivity contribution in [2.24, 2.45) is 5.92 Å². The zero-order valence-corrected chi connectivity index (χ0v) is 13.9. The summed E-state index contributed by atoms with van der Waals surface area (Å²) in [5.74, 6) is 0.472. The Morgan fingerprint density at radius 2 is 2.18 bits per heavy atom. The number of carbonyl (C=O) groups is 1. The number of hydrogen-bond acceptors (Lipinski definition) is 5. The molecule has 7 nitrogen and oxygen atoms in total. The SMILES string of the molecule is CC(C)c1ocnc1C(=O)NC[C@H]1CCC[C@H]1NS(C)(=O)=O. The molecule has 22 heavy (non-hydrogen) atoms. The van der Waals surface area contributed by atoms with Gasteiger partial charge in [-0.2, -0.15) is 0 Å². The molecule has 8 heteroatoms. The van der Waals surface area contributed by atoms with Gasteiger partial charge in [0.25, 0.3) is 5.91 Å². The molecule has 1 aromatic rings. The van der Waals surface area contributed by atoms with Gasteiger partial charge in [0.2, 0.25) is 10.0 Å². The fourth-order valence-corrected chi connectivity index (χ4v) is 3.71. The van der Waals surface area contributed by atoms with Gasteiger partial charge in [0.1, 0.15) is 5.76 Å². The van der Waals surface area contributed by atoms with Crippen LogP contribution >= 0.6 is 0 Å². The molecule has 1 aromatic heterocycles. The summed E-state index contributed by atoms with van der Waals surface area (Å²) in [6, 6.07) is -0.114. The summed E-state index contributed by atoms with van der Waals surface area (Å²) < 4.78 is 30.6. The number of carbonyl (C=O) groups excluding carboxylic acids is 1. The van der Waals surface area contributed by atoms with Crippen LogP contribution in [0, 0.1) is 5.92 Å². The summed E-state index contributed by atoms with van der Waals surface area (Å²) in [6.45, 7) is 4.29. The second-order valence-electron chi connectivity index (χ2n) is 6.12. The third-order valence-corrected chi connectivity index (χ3v) is 4.61. The molecular formula is C14H23N3O4S. The van der Waals surface area contributed by atoms with Crippen LogP contribution in [0.5, 0.6) is 0 Å². The maximum Gasteiger partial charge on any atom is 0.273 e. The lowest BCUT2D eigenvalue weighted by Gasteiger charge is -2.20. The third-order valence-electron chi connectivity index (χ3n) is 3.88. The zero-order chi connectivity index (χ0) is 16.3. The molecule has 0 saturated heterocycles. The molecule has 1 aliphatic carbocycles. The summed E-state index contributed by atoms with van der Waals surface area (Å²) in [4.78, 5) is 16.2. The van der Waals surface area contributed by atoms with Crippen LogP contribution in [0.1, 0.15) is 55.3 Å². The van der Waals surface area contributed by atoms with Gasteiger partial charge in [0.05, 0.1) is 6.26 Å². The van der Waals surface area contributed by atoms with E-state index < -0.39 is 10.0 Å². The first kappa shape index (κ1) is 17.0. The number of oxazole rings is 1. The second kappa shape index (κ2) is 6.78. The van der Waals surface area contributed by atoms with Gasteiger partial charge in [-0.3, -0.25) is 4.79 Å². The predicted molar refractivity (Wildman–Crippen MR) is 82.0 cm³/mol. The molecule has 124 valence electrons. The highest BCUT2D eigenvalue weighted by Crippen LogP contribution is 2.26. The normalized spacial score (nSPS) is 22.2. The van der Waals surface area contributed by atoms with Gasteiger partial charge >= 0.3 is 0 Å². The van der Waals surface area contributed by atoms with Crippen molar-refractivity contribution in [2.45, 2.75) is 45.1 Å². The molecule has 0 aromatic carbocycles. The fraction of sp³-hybridized carbons (Fsp3) is 0.714. The minimum absolute atomic E-state index is 0.0781. The van der Waals surface area contributed by atoms with Crippen molar-refractivity contribution in [1.29, 1.82) is 0 Å². The zero-order valence-electron chi connectivity index (χ0n) is 13.1. The summed E-state index contributed by atoms with van der Waals surface area (Å²) in [5, 5.41) is 2.84. The Labute approximate surface area is 130 Å². The molecule has 1 amide bonds. The fourth-order valence-electron chi connectivity index (χ4n) is 2.85. The number of nitrogens with one attached hydrogen (secondary N) is 2. The summed E-state index contributed by atoms with van der Waals surface area (Å²) >= 11 is 0. The maximum absolute atomic E-state index is 12.2. The van der Waals surface area contributed by atoms with E-state index in [9.17, 15) is 13.2 Å². The quantitative estimate of drug-likeness (QED) is 0.818. The van der Waals surface area contributed by atoms with Crippen molar-refractivity contribution >= 4 is 15.9 Å². The van der Waals surface area contributed by atoms with Crippen LogP contribution in [0.4, 0.5) is 0 Å². The van der Waals surface area contributed by atoms with Gasteiger partial charge in [-0.15, -0.1) is 0 Å². The smallest absolute Gasteiger partial charge is 0.273 e. The Balaban J connectivity index is 1.94. The van der Waals surface area contributed by atoms with E-state index in [1.165, 1.54) is 6.39 Å². The molecule has 1 fully saturated rings. The largest absolute Gasteiger partial charge is 0.447 e. The van der Waals surface area contributed by atoms with Gasteiger partial charge in [-0.1, -0.05) is 20.3 Å². The molecule has 0 spiro atoms. The molecule has 0 bridgehead atoms. The average molecular weight is 329 g/mol. The Hall–Kier alpha value is -1.41. The number of sulfonamides is 1. The lowest BCUT2D eigenvalue weighted by atomic mass is 10.0. The molecule has 0 radical (unpaired) electrons. The van der Waals surface area contributed by atoms with Crippen LogP contribution in [0.3, 0.4) is 0 Å². The lowest BCUT2D eigenvalue weighted by molar-refractivity contribution is 0.0939. The minimum Gasteiger partial charge on any atom is -0.447 e. The Kier molecular flexibility index (Phi) is 5.23. The molecule has 2 N–H and O–H groups in total. The number of rotatable bonds is 6. The Morgan fingerprint density at radius 3 is 2.82 bits per heavy atom. The van der Waals surface area contributed by atoms with Crippen LogP contribution in [-0.2, 0) is 10.0 Å². The molecule has 2 rings (SSSR count). The van der Waals surface area contributed by atoms with Crippen LogP contribution in [-0.4, -0.2) is 38.2 Å². The van der Waals surface area contributed by atoms with E-state index in [1.807, 2.05) is 13.8 Å². The van der Waals surface area contributed by atoms with Crippen molar-refractivity contribution in [2.75, 3.05) is 12.8 Å². The standard InChI is InChI=1S/C14H23N3O4S/c1-9(2)13-12(16-8-21-13)14(18)15-7-10-5-4-6-11(10)17-22(3,19)20/h8-11,17H,4-7H2,1-3H3,(H,15,18)/t10-,11-/m1/s1. The van der Waals surface area contributed by atoms with Crippen molar-refractivity contribution in [3.63, 3.8) is 0 Å². The van der Waals surface area contributed by atoms with Crippen molar-refractivity contribution in [3.8, 4) is 0 Å². The number of hydrogen-bond donors (Lipinski definition) is 2. The number of amides is 1. The van der Waals surface area contributed by atoms with Crippen LogP contribution in [0.15, 0.2) is 10.8 Å². The highest BCUT2D eigenvalue weighted by molar-refractivity contribution is 7.88. The maximum atomic E-state index is 12.2. The third kappa shape index (κ3) is 4.30. The first-order valence-corrected chi connectivity index (χ1v) is 9.36. The highest BCUT2D eigenvalue weighted by atomic mass is 32.2. The van der Waals surface area contributed by atoms with E-state index in [0.29, 0.717) is 18.0 Å². The van der Waals surface area contributed by atoms with E-state index >= 15 is 0 Å². The topological polar surface area (TPSA) is 101 Å². The first-order valence-electron chi connectivity index (χ1n) is 7.47. The van der Waals surface area contributed by atoms with Gasteiger partial charge in [-0.05, 0) is 18.8 Å². The summed E-state index contributed by atoms with van der Waals surface area (Å²) in [7, 11) is -3.23. The second-order valence-corrected chi connectivity index (χ2v) is 7.90. The van der Waals surface area contributed by atoms with Gasteiger partial charge in [0, 0.05) is 18.5 Å². The molecule has 1 aliphatic rings. The van der Waals surface area contributed by atoms with Gasteiger partial charge in [0.15, 0.2) is 12.1 Å². The Morgan fingerprint density at radius 1 is 1.45 bits per heavy atom. The number of nitrogens with zero attached hydrogens (tertiary/aromatic N) is 1. The van der Waals surface area contributed by atoms with Crippen LogP contribution < -0.4 is 10.0 Å². The van der Waals surface area contributed by atoms with E-state index in [1.54, 1.807) is 0 Å². The molecule has 2 atom stereocenters. The minimum atomic E-state index is -3.23. The lowest BCUT2D eigenvalue weighted by Crippen LogP contribution is -2.41. The van der Waals surface area contributed by atoms with E-state index in [0.717, 1.165) is 25.5 Å². The van der Waals surface area contributed by atoms with Crippen LogP contribution in [0.25, 0.3) is 0 Å². The molecule has 1 saturated carbocycles. The highest BCUT2D eigenvalue weighted by Gasteiger charge is 2.30. The van der Waals surface area contributed by atoms with Crippen LogP contribution in [0.2, 0.25) is 0 Å². The van der Waals surface area contributed by atoms with E-state index in [2.05, 4.69) is 15.0 Å². The molecule has 0 unspecified atom stereocenters. The Bertz CT molecular complexity index is 624. The molecule has 0 aliphatic heterocycles. The summed E-state index contributed by atoms with van der Waals surface area (Å²) in [5.41, 5.74) is 0.306. The average Bonchev–Trinajstić information content (AvgIpc) is 3.02. The molecule has 1 heterocycles. The van der Waals surface area contributed by atoms with Crippen molar-refractivity contribution in [3.05, 3.63) is 17.8 Å².